The van der Waals surface area contributed by atoms with Gasteiger partial charge in [0.25, 0.3) is 0 Å². The third-order valence-corrected chi connectivity index (χ3v) is 4.42. The molecule has 24 heavy (non-hydrogen) atoms. The quantitative estimate of drug-likeness (QED) is 0.815. The van der Waals surface area contributed by atoms with Crippen LogP contribution in [0.1, 0.15) is 18.4 Å². The molecule has 2 aromatic rings. The summed E-state index contributed by atoms with van der Waals surface area (Å²) >= 11 is 0. The van der Waals surface area contributed by atoms with Crippen molar-refractivity contribution in [2.75, 3.05) is 32.1 Å². The second-order valence-corrected chi connectivity index (χ2v) is 6.24. The molecule has 0 aliphatic carbocycles. The van der Waals surface area contributed by atoms with Gasteiger partial charge in [0.1, 0.15) is 0 Å². The van der Waals surface area contributed by atoms with Crippen LogP contribution in [0, 0.1) is 5.82 Å². The SMILES string of the molecule is COc1ccc(CN(C)C[C@@H]2CCCN2c2cccnn2)cc1F. The highest BCUT2D eigenvalue weighted by Crippen LogP contribution is 2.24. The first-order valence-electron chi connectivity index (χ1n) is 8.22. The highest BCUT2D eigenvalue weighted by molar-refractivity contribution is 5.39. The van der Waals surface area contributed by atoms with Crippen LogP contribution in [-0.2, 0) is 6.54 Å². The maximum absolute atomic E-state index is 13.8. The van der Waals surface area contributed by atoms with E-state index < -0.39 is 0 Å². The average molecular weight is 330 g/mol. The van der Waals surface area contributed by atoms with Crippen LogP contribution in [-0.4, -0.2) is 48.4 Å². The van der Waals surface area contributed by atoms with E-state index in [0.29, 0.717) is 12.6 Å². The number of ether oxygens (including phenoxy) is 1. The Balaban J connectivity index is 1.62. The van der Waals surface area contributed by atoms with Crippen LogP contribution in [0.25, 0.3) is 0 Å². The summed E-state index contributed by atoms with van der Waals surface area (Å²) in [5.41, 5.74) is 0.944. The topological polar surface area (TPSA) is 41.5 Å². The summed E-state index contributed by atoms with van der Waals surface area (Å²) in [5.74, 6) is 0.903. The van der Waals surface area contributed by atoms with Gasteiger partial charge in [0.05, 0.1) is 7.11 Å². The minimum absolute atomic E-state index is 0.283. The zero-order valence-corrected chi connectivity index (χ0v) is 14.2. The molecule has 0 radical (unpaired) electrons. The summed E-state index contributed by atoms with van der Waals surface area (Å²) in [7, 11) is 3.54. The number of benzene rings is 1. The number of methoxy groups -OCH3 is 1. The summed E-state index contributed by atoms with van der Waals surface area (Å²) in [6.45, 7) is 2.62. The van der Waals surface area contributed by atoms with Gasteiger partial charge in [0.15, 0.2) is 17.4 Å². The van der Waals surface area contributed by atoms with Crippen molar-refractivity contribution in [3.05, 3.63) is 47.9 Å². The lowest BCUT2D eigenvalue weighted by Crippen LogP contribution is -2.39. The van der Waals surface area contributed by atoms with E-state index in [1.54, 1.807) is 18.3 Å². The smallest absolute Gasteiger partial charge is 0.165 e. The summed E-state index contributed by atoms with van der Waals surface area (Å²) in [4.78, 5) is 4.54. The third-order valence-electron chi connectivity index (χ3n) is 4.42. The maximum atomic E-state index is 13.8. The van der Waals surface area contributed by atoms with Gasteiger partial charge in [-0.15, -0.1) is 5.10 Å². The van der Waals surface area contributed by atoms with Crippen LogP contribution in [0.4, 0.5) is 10.2 Å². The van der Waals surface area contributed by atoms with Crippen molar-refractivity contribution < 1.29 is 9.13 Å². The zero-order chi connectivity index (χ0) is 16.9. The van der Waals surface area contributed by atoms with E-state index in [1.807, 2.05) is 18.2 Å². The standard InChI is InChI=1S/C18H23FN4O/c1-22(12-14-7-8-17(24-2)16(19)11-14)13-15-5-4-10-23(15)18-6-3-9-20-21-18/h3,6-9,11,15H,4-5,10,12-13H2,1-2H3/t15-/m0/s1. The Morgan fingerprint density at radius 2 is 2.25 bits per heavy atom. The van der Waals surface area contributed by atoms with Crippen LogP contribution in [0.2, 0.25) is 0 Å². The first-order chi connectivity index (χ1) is 11.7. The number of hydrogen-bond acceptors (Lipinski definition) is 5. The number of halogens is 1. The molecule has 0 saturated carbocycles. The lowest BCUT2D eigenvalue weighted by Gasteiger charge is -2.29. The second kappa shape index (κ2) is 7.57. The van der Waals surface area contributed by atoms with Gasteiger partial charge in [-0.3, -0.25) is 0 Å². The van der Waals surface area contributed by atoms with Gasteiger partial charge in [-0.05, 0) is 49.7 Å². The van der Waals surface area contributed by atoms with Gasteiger partial charge in [-0.1, -0.05) is 6.07 Å². The molecule has 1 aliphatic rings. The Morgan fingerprint density at radius 1 is 1.38 bits per heavy atom. The summed E-state index contributed by atoms with van der Waals surface area (Å²) in [5, 5.41) is 8.20. The molecule has 3 rings (SSSR count). The Hall–Kier alpha value is -2.21. The molecular formula is C18H23FN4O. The summed E-state index contributed by atoms with van der Waals surface area (Å²) in [6.07, 6.45) is 3.99. The fraction of sp³-hybridized carbons (Fsp3) is 0.444. The van der Waals surface area contributed by atoms with Crippen molar-refractivity contribution in [3.63, 3.8) is 0 Å². The van der Waals surface area contributed by atoms with Crippen molar-refractivity contribution in [3.8, 4) is 5.75 Å². The Morgan fingerprint density at radius 3 is 2.96 bits per heavy atom. The van der Waals surface area contributed by atoms with Crippen molar-refractivity contribution in [2.45, 2.75) is 25.4 Å². The molecule has 1 aromatic carbocycles. The van der Waals surface area contributed by atoms with E-state index >= 15 is 0 Å². The van der Waals surface area contributed by atoms with E-state index in [4.69, 9.17) is 4.74 Å². The van der Waals surface area contributed by atoms with Crippen LogP contribution < -0.4 is 9.64 Å². The largest absolute Gasteiger partial charge is 0.494 e. The first-order valence-corrected chi connectivity index (χ1v) is 8.22. The van der Waals surface area contributed by atoms with E-state index in [-0.39, 0.29) is 11.6 Å². The summed E-state index contributed by atoms with van der Waals surface area (Å²) < 4.78 is 18.8. The summed E-state index contributed by atoms with van der Waals surface area (Å²) in [6, 6.07) is 9.47. The van der Waals surface area contributed by atoms with Crippen molar-refractivity contribution >= 4 is 5.82 Å². The van der Waals surface area contributed by atoms with Gasteiger partial charge in [-0.2, -0.15) is 5.10 Å². The van der Waals surface area contributed by atoms with Crippen LogP contribution in [0.5, 0.6) is 5.75 Å². The Kier molecular flexibility index (Phi) is 5.25. The van der Waals surface area contributed by atoms with Gasteiger partial charge >= 0.3 is 0 Å². The van der Waals surface area contributed by atoms with Crippen LogP contribution in [0.15, 0.2) is 36.5 Å². The lowest BCUT2D eigenvalue weighted by atomic mass is 10.1. The molecule has 1 aliphatic heterocycles. The van der Waals surface area contributed by atoms with Gasteiger partial charge in [0.2, 0.25) is 0 Å². The molecule has 0 spiro atoms. The molecule has 128 valence electrons. The van der Waals surface area contributed by atoms with E-state index in [2.05, 4.69) is 27.0 Å². The highest BCUT2D eigenvalue weighted by atomic mass is 19.1. The minimum Gasteiger partial charge on any atom is -0.494 e. The molecule has 1 fully saturated rings. The second-order valence-electron chi connectivity index (χ2n) is 6.24. The van der Waals surface area contributed by atoms with Gasteiger partial charge in [0, 0.05) is 31.9 Å². The fourth-order valence-electron chi connectivity index (χ4n) is 3.32. The van der Waals surface area contributed by atoms with Crippen LogP contribution >= 0.6 is 0 Å². The van der Waals surface area contributed by atoms with E-state index in [1.165, 1.54) is 7.11 Å². The monoisotopic (exact) mass is 330 g/mol. The highest BCUT2D eigenvalue weighted by Gasteiger charge is 2.26. The van der Waals surface area contributed by atoms with Gasteiger partial charge in [-0.25, -0.2) is 4.39 Å². The normalized spacial score (nSPS) is 17.5. The number of aromatic nitrogens is 2. The molecule has 2 heterocycles. The molecule has 0 bridgehead atoms. The fourth-order valence-corrected chi connectivity index (χ4v) is 3.32. The lowest BCUT2D eigenvalue weighted by molar-refractivity contribution is 0.302. The molecule has 0 N–H and O–H groups in total. The zero-order valence-electron chi connectivity index (χ0n) is 14.2. The van der Waals surface area contributed by atoms with Crippen LogP contribution in [0.3, 0.4) is 0 Å². The third kappa shape index (κ3) is 3.82. The van der Waals surface area contributed by atoms with Crippen molar-refractivity contribution in [2.24, 2.45) is 0 Å². The molecule has 1 saturated heterocycles. The predicted octanol–water partition coefficient (Wildman–Crippen LogP) is 2.73. The number of anilines is 1. The molecule has 1 atom stereocenters. The van der Waals surface area contributed by atoms with Gasteiger partial charge < -0.3 is 14.5 Å². The molecule has 0 unspecified atom stereocenters. The molecule has 0 amide bonds. The number of hydrogen-bond donors (Lipinski definition) is 0. The Bertz CT molecular complexity index is 667. The molecule has 5 nitrogen and oxygen atoms in total. The maximum Gasteiger partial charge on any atom is 0.165 e. The number of rotatable bonds is 6. The average Bonchev–Trinajstić information content (AvgIpc) is 3.04. The number of nitrogens with zero attached hydrogens (tertiary/aromatic N) is 4. The molecule has 1 aromatic heterocycles. The predicted molar refractivity (Wildman–Crippen MR) is 91.7 cm³/mol. The molecule has 6 heteroatoms. The van der Waals surface area contributed by atoms with E-state index in [9.17, 15) is 4.39 Å². The minimum atomic E-state index is -0.314. The van der Waals surface area contributed by atoms with Crippen molar-refractivity contribution in [1.29, 1.82) is 0 Å². The molecular weight excluding hydrogens is 307 g/mol. The van der Waals surface area contributed by atoms with E-state index in [0.717, 1.165) is 37.3 Å². The number of likely N-dealkylation sites (N-methyl/N-ethyl adjacent to an activating group) is 1. The first kappa shape index (κ1) is 16.6. The van der Waals surface area contributed by atoms with Crippen molar-refractivity contribution in [1.82, 2.24) is 15.1 Å². The Labute approximate surface area is 142 Å².